The van der Waals surface area contributed by atoms with Crippen molar-refractivity contribution >= 4 is 6.21 Å². The number of rotatable bonds is 0. The Labute approximate surface area is 86.8 Å². The Kier molecular flexibility index (Phi) is 2.61. The molecule has 0 unspecified atom stereocenters. The van der Waals surface area contributed by atoms with E-state index in [9.17, 15) is 0 Å². The van der Waals surface area contributed by atoms with Crippen LogP contribution in [0.3, 0.4) is 0 Å². The monoisotopic (exact) mass is 195 g/mol. The second-order valence-electron chi connectivity index (χ2n) is 5.73. The Morgan fingerprint density at radius 2 is 1.71 bits per heavy atom. The lowest BCUT2D eigenvalue weighted by Gasteiger charge is -2.37. The predicted octanol–water partition coefficient (Wildman–Crippen LogP) is 2.52. The van der Waals surface area contributed by atoms with Crippen LogP contribution in [0.4, 0.5) is 0 Å². The van der Waals surface area contributed by atoms with Crippen LogP contribution < -0.4 is 5.53 Å². The second-order valence-corrected chi connectivity index (χ2v) is 5.73. The highest BCUT2D eigenvalue weighted by Crippen LogP contribution is 2.26. The minimum Gasteiger partial charge on any atom is -0.274 e. The molecule has 0 spiro atoms. The molecule has 0 aliphatic carbocycles. The van der Waals surface area contributed by atoms with Crippen LogP contribution in [0.15, 0.2) is 16.9 Å². The minimum atomic E-state index is 0.0499. The van der Waals surface area contributed by atoms with Gasteiger partial charge in [0.15, 0.2) is 0 Å². The summed E-state index contributed by atoms with van der Waals surface area (Å²) in [6, 6.07) is 0. The summed E-state index contributed by atoms with van der Waals surface area (Å²) in [5.41, 5.74) is 4.43. The summed E-state index contributed by atoms with van der Waals surface area (Å²) in [6.45, 7) is 13.0. The van der Waals surface area contributed by atoms with Crippen molar-refractivity contribution < 1.29 is 0 Å². The summed E-state index contributed by atoms with van der Waals surface area (Å²) in [5.74, 6) is 0. The van der Waals surface area contributed by atoms with Crippen molar-refractivity contribution in [1.29, 1.82) is 0 Å². The lowest BCUT2D eigenvalue weighted by atomic mass is 9.87. The van der Waals surface area contributed by atoms with Gasteiger partial charge in [-0.1, -0.05) is 20.8 Å². The van der Waals surface area contributed by atoms with Crippen molar-refractivity contribution in [3.63, 3.8) is 0 Å². The molecule has 0 aromatic carbocycles. The standard InChI is InChI=1S/C11H21N3/c1-10(2,3)9-7-12-13-14(8-9)11(4,5)6/h7-8,13H,1-6H3. The summed E-state index contributed by atoms with van der Waals surface area (Å²) in [4.78, 5) is 0. The van der Waals surface area contributed by atoms with Crippen LogP contribution in [0, 0.1) is 5.41 Å². The molecule has 0 bridgehead atoms. The van der Waals surface area contributed by atoms with Crippen molar-refractivity contribution in [1.82, 2.24) is 10.5 Å². The van der Waals surface area contributed by atoms with Crippen molar-refractivity contribution in [2.75, 3.05) is 0 Å². The van der Waals surface area contributed by atoms with Gasteiger partial charge in [-0.05, 0) is 31.8 Å². The SMILES string of the molecule is CC(C)(C)C1=CN(C(C)(C)C)NN=C1. The molecular formula is C11H21N3. The molecule has 1 heterocycles. The number of hydrogen-bond donors (Lipinski definition) is 1. The first-order valence-corrected chi connectivity index (χ1v) is 5.01. The van der Waals surface area contributed by atoms with Crippen molar-refractivity contribution in [2.45, 2.75) is 47.1 Å². The van der Waals surface area contributed by atoms with E-state index in [2.05, 4.69) is 58.4 Å². The number of hydrazone groups is 1. The maximum absolute atomic E-state index is 4.16. The van der Waals surface area contributed by atoms with Gasteiger partial charge >= 0.3 is 0 Å². The van der Waals surface area contributed by atoms with Crippen LogP contribution in [0.5, 0.6) is 0 Å². The largest absolute Gasteiger partial charge is 0.274 e. The van der Waals surface area contributed by atoms with Crippen molar-refractivity contribution in [2.24, 2.45) is 10.5 Å². The van der Waals surface area contributed by atoms with Gasteiger partial charge in [-0.3, -0.25) is 5.01 Å². The molecule has 0 fully saturated rings. The molecule has 0 amide bonds. The van der Waals surface area contributed by atoms with Crippen LogP contribution in [-0.4, -0.2) is 16.8 Å². The fraction of sp³-hybridized carbons (Fsp3) is 0.727. The average Bonchev–Trinajstić information content (AvgIpc) is 2.01. The van der Waals surface area contributed by atoms with Gasteiger partial charge in [0, 0.05) is 6.20 Å². The molecule has 3 heteroatoms. The highest BCUT2D eigenvalue weighted by Gasteiger charge is 2.24. The molecule has 0 aromatic heterocycles. The van der Waals surface area contributed by atoms with Crippen LogP contribution in [0.2, 0.25) is 0 Å². The van der Waals surface area contributed by atoms with Gasteiger partial charge in [-0.15, -0.1) is 0 Å². The molecule has 0 radical (unpaired) electrons. The summed E-state index contributed by atoms with van der Waals surface area (Å²) in [5, 5.41) is 6.19. The van der Waals surface area contributed by atoms with Gasteiger partial charge in [-0.2, -0.15) is 5.10 Å². The number of hydrogen-bond acceptors (Lipinski definition) is 3. The topological polar surface area (TPSA) is 27.6 Å². The van der Waals surface area contributed by atoms with Gasteiger partial charge in [0.2, 0.25) is 0 Å². The van der Waals surface area contributed by atoms with E-state index in [4.69, 9.17) is 0 Å². The van der Waals surface area contributed by atoms with Gasteiger partial charge in [0.05, 0.1) is 11.8 Å². The summed E-state index contributed by atoms with van der Waals surface area (Å²) < 4.78 is 0. The molecule has 14 heavy (non-hydrogen) atoms. The normalized spacial score (nSPS) is 17.9. The molecule has 0 saturated carbocycles. The molecule has 0 aromatic rings. The van der Waals surface area contributed by atoms with Gasteiger partial charge in [0.25, 0.3) is 0 Å². The second kappa shape index (κ2) is 3.30. The first-order valence-electron chi connectivity index (χ1n) is 5.01. The number of allylic oxidation sites excluding steroid dienone is 1. The van der Waals surface area contributed by atoms with E-state index >= 15 is 0 Å². The van der Waals surface area contributed by atoms with E-state index < -0.39 is 0 Å². The van der Waals surface area contributed by atoms with Crippen LogP contribution in [0.25, 0.3) is 0 Å². The predicted molar refractivity (Wildman–Crippen MR) is 60.8 cm³/mol. The Balaban J connectivity index is 2.90. The molecule has 3 nitrogen and oxygen atoms in total. The molecule has 1 rings (SSSR count). The first-order chi connectivity index (χ1) is 6.21. The third kappa shape index (κ3) is 2.50. The number of nitrogens with one attached hydrogen (secondary N) is 1. The minimum absolute atomic E-state index is 0.0499. The average molecular weight is 195 g/mol. The summed E-state index contributed by atoms with van der Waals surface area (Å²) in [7, 11) is 0. The van der Waals surface area contributed by atoms with Crippen molar-refractivity contribution in [3.05, 3.63) is 11.8 Å². The van der Waals surface area contributed by atoms with Crippen molar-refractivity contribution in [3.8, 4) is 0 Å². The van der Waals surface area contributed by atoms with E-state index in [1.807, 2.05) is 11.2 Å². The van der Waals surface area contributed by atoms with E-state index in [0.29, 0.717) is 0 Å². The summed E-state index contributed by atoms with van der Waals surface area (Å²) >= 11 is 0. The quantitative estimate of drug-likeness (QED) is 0.643. The smallest absolute Gasteiger partial charge is 0.0540 e. The zero-order valence-electron chi connectivity index (χ0n) is 10.0. The van der Waals surface area contributed by atoms with Crippen LogP contribution >= 0.6 is 0 Å². The highest BCUT2D eigenvalue weighted by atomic mass is 15.7. The Hall–Kier alpha value is -0.990. The fourth-order valence-electron chi connectivity index (χ4n) is 1.09. The Bertz CT molecular complexity index is 263. The van der Waals surface area contributed by atoms with Gasteiger partial charge in [-0.25, -0.2) is 5.53 Å². The third-order valence-corrected chi connectivity index (χ3v) is 2.23. The van der Waals surface area contributed by atoms with E-state index in [1.165, 1.54) is 5.57 Å². The number of nitrogens with zero attached hydrogens (tertiary/aromatic N) is 2. The molecular weight excluding hydrogens is 174 g/mol. The maximum Gasteiger partial charge on any atom is 0.0540 e. The lowest BCUT2D eigenvalue weighted by molar-refractivity contribution is 0.133. The summed E-state index contributed by atoms with van der Waals surface area (Å²) in [6.07, 6.45) is 4.02. The van der Waals surface area contributed by atoms with Gasteiger partial charge in [0.1, 0.15) is 0 Å². The fourth-order valence-corrected chi connectivity index (χ4v) is 1.09. The van der Waals surface area contributed by atoms with Crippen LogP contribution in [0.1, 0.15) is 41.5 Å². The molecule has 0 atom stereocenters. The zero-order valence-corrected chi connectivity index (χ0v) is 10.0. The molecule has 1 aliphatic rings. The maximum atomic E-state index is 4.16. The van der Waals surface area contributed by atoms with E-state index in [0.717, 1.165) is 0 Å². The third-order valence-electron chi connectivity index (χ3n) is 2.23. The number of hydrazine groups is 1. The zero-order chi connectivity index (χ0) is 11.0. The Morgan fingerprint density at radius 1 is 1.14 bits per heavy atom. The van der Waals surface area contributed by atoms with E-state index in [1.54, 1.807) is 0 Å². The molecule has 1 aliphatic heterocycles. The Morgan fingerprint density at radius 3 is 2.14 bits per heavy atom. The molecule has 0 saturated heterocycles. The molecule has 80 valence electrons. The highest BCUT2D eigenvalue weighted by molar-refractivity contribution is 5.80. The van der Waals surface area contributed by atoms with E-state index in [-0.39, 0.29) is 11.0 Å². The molecule has 1 N–H and O–H groups in total. The van der Waals surface area contributed by atoms with Gasteiger partial charge < -0.3 is 0 Å². The first kappa shape index (κ1) is 11.1. The lowest BCUT2D eigenvalue weighted by Crippen LogP contribution is -2.46. The van der Waals surface area contributed by atoms with Crippen LogP contribution in [-0.2, 0) is 0 Å².